The molecule has 3 N–H and O–H groups in total. The molecule has 0 saturated carbocycles. The average molecular weight is 421 g/mol. The van der Waals surface area contributed by atoms with E-state index in [0.717, 1.165) is 44.9 Å². The Labute approximate surface area is 172 Å². The van der Waals surface area contributed by atoms with Gasteiger partial charge in [0.15, 0.2) is 0 Å². The van der Waals surface area contributed by atoms with Gasteiger partial charge < -0.3 is 10.2 Å². The summed E-state index contributed by atoms with van der Waals surface area (Å²) in [6.45, 7) is 5.04. The molecule has 1 heterocycles. The predicted molar refractivity (Wildman–Crippen MR) is 115 cm³/mol. The number of nitrogens with zero attached hydrogens (tertiary/aromatic N) is 1. The van der Waals surface area contributed by atoms with Gasteiger partial charge in [-0.15, -0.1) is 16.6 Å². The van der Waals surface area contributed by atoms with E-state index in [4.69, 9.17) is 0 Å². The Balaban J connectivity index is 1.57. The minimum Gasteiger partial charge on any atom is -0.314 e. The fourth-order valence-corrected chi connectivity index (χ4v) is 4.95. The first kappa shape index (κ1) is 21.3. The molecule has 0 bridgehead atoms. The molecule has 1 unspecified atom stereocenters. The summed E-state index contributed by atoms with van der Waals surface area (Å²) in [5.41, 5.74) is 3.07. The number of sulfonamides is 1. The zero-order valence-electron chi connectivity index (χ0n) is 15.9. The summed E-state index contributed by atoms with van der Waals surface area (Å²) >= 11 is 1.73. The molecule has 1 aliphatic heterocycles. The van der Waals surface area contributed by atoms with Crippen LogP contribution in [0, 0.1) is 0 Å². The van der Waals surface area contributed by atoms with Crippen LogP contribution >= 0.6 is 11.8 Å². The third-order valence-corrected chi connectivity index (χ3v) is 7.10. The molecule has 0 aliphatic carbocycles. The summed E-state index contributed by atoms with van der Waals surface area (Å²) in [7, 11) is -3.58. The summed E-state index contributed by atoms with van der Waals surface area (Å²) in [5, 5.41) is 3.36. The van der Waals surface area contributed by atoms with Crippen molar-refractivity contribution in [1.82, 2.24) is 20.5 Å². The quantitative estimate of drug-likeness (QED) is 0.403. The molecule has 1 fully saturated rings. The maximum Gasteiger partial charge on any atom is 0.253 e. The molecule has 2 aromatic rings. The van der Waals surface area contributed by atoms with Crippen molar-refractivity contribution in [3.63, 3.8) is 0 Å². The maximum absolute atomic E-state index is 12.5. The topological polar surface area (TPSA) is 73.5 Å². The molecule has 0 aromatic heterocycles. The van der Waals surface area contributed by atoms with E-state index in [1.165, 1.54) is 4.90 Å². The summed E-state index contributed by atoms with van der Waals surface area (Å²) < 4.78 is 25.0. The molecule has 152 valence electrons. The maximum atomic E-state index is 12.5. The predicted octanol–water partition coefficient (Wildman–Crippen LogP) is 1.93. The summed E-state index contributed by atoms with van der Waals surface area (Å²) in [4.78, 5) is 6.44. The first-order chi connectivity index (χ1) is 13.6. The number of benzene rings is 2. The highest BCUT2D eigenvalue weighted by molar-refractivity contribution is 7.99. The Morgan fingerprint density at radius 2 is 1.64 bits per heavy atom. The SMILES string of the molecule is O=S(=O)(NNC(CCN1CCNCC1)CSc1ccccc1)c1ccccc1. The van der Waals surface area contributed by atoms with Crippen molar-refractivity contribution in [3.05, 3.63) is 60.7 Å². The largest absolute Gasteiger partial charge is 0.314 e. The Bertz CT molecular complexity index is 797. The Morgan fingerprint density at radius 3 is 2.32 bits per heavy atom. The lowest BCUT2D eigenvalue weighted by atomic mass is 10.2. The summed E-state index contributed by atoms with van der Waals surface area (Å²) in [6.07, 6.45) is 0.872. The molecule has 1 atom stereocenters. The van der Waals surface area contributed by atoms with E-state index in [1.54, 1.807) is 42.1 Å². The summed E-state index contributed by atoms with van der Waals surface area (Å²) in [6, 6.07) is 18.7. The molecule has 0 radical (unpaired) electrons. The van der Waals surface area contributed by atoms with Crippen LogP contribution in [0.5, 0.6) is 0 Å². The molecular formula is C20H28N4O2S2. The molecule has 8 heteroatoms. The van der Waals surface area contributed by atoms with Gasteiger partial charge in [-0.2, -0.15) is 0 Å². The van der Waals surface area contributed by atoms with E-state index in [1.807, 2.05) is 18.2 Å². The van der Waals surface area contributed by atoms with E-state index < -0.39 is 10.0 Å². The second-order valence-corrected chi connectivity index (χ2v) is 9.54. The Hall–Kier alpha value is -1.42. The van der Waals surface area contributed by atoms with Crippen molar-refractivity contribution in [1.29, 1.82) is 0 Å². The third kappa shape index (κ3) is 6.88. The first-order valence-corrected chi connectivity index (χ1v) is 12.0. The van der Waals surface area contributed by atoms with Crippen LogP contribution in [-0.2, 0) is 10.0 Å². The van der Waals surface area contributed by atoms with Gasteiger partial charge in [-0.1, -0.05) is 36.4 Å². The number of hydrogen-bond acceptors (Lipinski definition) is 6. The smallest absolute Gasteiger partial charge is 0.253 e. The second kappa shape index (κ2) is 10.9. The molecular weight excluding hydrogens is 392 g/mol. The lowest BCUT2D eigenvalue weighted by Gasteiger charge is -2.29. The molecule has 0 spiro atoms. The van der Waals surface area contributed by atoms with Crippen LogP contribution < -0.4 is 15.6 Å². The Morgan fingerprint density at radius 1 is 1.00 bits per heavy atom. The van der Waals surface area contributed by atoms with E-state index in [-0.39, 0.29) is 10.9 Å². The fourth-order valence-electron chi connectivity index (χ4n) is 3.00. The first-order valence-electron chi connectivity index (χ1n) is 9.57. The second-order valence-electron chi connectivity index (χ2n) is 6.76. The molecule has 6 nitrogen and oxygen atoms in total. The van der Waals surface area contributed by atoms with Gasteiger partial charge in [0.25, 0.3) is 10.0 Å². The van der Waals surface area contributed by atoms with Gasteiger partial charge >= 0.3 is 0 Å². The van der Waals surface area contributed by atoms with Gasteiger partial charge in [0, 0.05) is 42.9 Å². The lowest BCUT2D eigenvalue weighted by Crippen LogP contribution is -2.48. The van der Waals surface area contributed by atoms with Gasteiger partial charge in [0.05, 0.1) is 4.90 Å². The normalized spacial score (nSPS) is 16.7. The molecule has 1 aliphatic rings. The zero-order chi connectivity index (χ0) is 19.7. The van der Waals surface area contributed by atoms with Crippen molar-refractivity contribution in [3.8, 4) is 0 Å². The van der Waals surface area contributed by atoms with Crippen LogP contribution in [0.25, 0.3) is 0 Å². The average Bonchev–Trinajstić information content (AvgIpc) is 2.75. The van der Waals surface area contributed by atoms with Crippen LogP contribution in [0.4, 0.5) is 0 Å². The summed E-state index contributed by atoms with van der Waals surface area (Å²) in [5.74, 6) is 0.785. The third-order valence-electron chi connectivity index (χ3n) is 4.65. The van der Waals surface area contributed by atoms with Crippen LogP contribution in [0.1, 0.15) is 6.42 Å². The number of nitrogens with one attached hydrogen (secondary N) is 3. The van der Waals surface area contributed by atoms with Gasteiger partial charge in [0.1, 0.15) is 0 Å². The van der Waals surface area contributed by atoms with Crippen LogP contribution in [0.15, 0.2) is 70.5 Å². The number of hydrazine groups is 1. The highest BCUT2D eigenvalue weighted by atomic mass is 32.2. The van der Waals surface area contributed by atoms with E-state index >= 15 is 0 Å². The van der Waals surface area contributed by atoms with Crippen molar-refractivity contribution >= 4 is 21.8 Å². The van der Waals surface area contributed by atoms with Crippen molar-refractivity contribution < 1.29 is 8.42 Å². The van der Waals surface area contributed by atoms with E-state index in [2.05, 4.69) is 32.6 Å². The number of rotatable bonds is 10. The van der Waals surface area contributed by atoms with Gasteiger partial charge in [-0.05, 0) is 37.2 Å². The fraction of sp³-hybridized carbons (Fsp3) is 0.400. The minimum absolute atomic E-state index is 0.0265. The number of hydrogen-bond donors (Lipinski definition) is 3. The van der Waals surface area contributed by atoms with Crippen LogP contribution in [0.2, 0.25) is 0 Å². The van der Waals surface area contributed by atoms with Gasteiger partial charge in [-0.25, -0.2) is 13.8 Å². The molecule has 1 saturated heterocycles. The molecule has 3 rings (SSSR count). The molecule has 28 heavy (non-hydrogen) atoms. The lowest BCUT2D eigenvalue weighted by molar-refractivity contribution is 0.229. The van der Waals surface area contributed by atoms with Crippen LogP contribution in [-0.4, -0.2) is 57.8 Å². The highest BCUT2D eigenvalue weighted by Crippen LogP contribution is 2.19. The van der Waals surface area contributed by atoms with Crippen molar-refractivity contribution in [2.45, 2.75) is 22.3 Å². The number of thioether (sulfide) groups is 1. The van der Waals surface area contributed by atoms with Crippen LogP contribution in [0.3, 0.4) is 0 Å². The highest BCUT2D eigenvalue weighted by Gasteiger charge is 2.18. The molecule has 0 amide bonds. The van der Waals surface area contributed by atoms with Crippen molar-refractivity contribution in [2.75, 3.05) is 38.5 Å². The van der Waals surface area contributed by atoms with Gasteiger partial charge in [-0.3, -0.25) is 0 Å². The van der Waals surface area contributed by atoms with E-state index in [0.29, 0.717) is 0 Å². The Kier molecular flexibility index (Phi) is 8.32. The zero-order valence-corrected chi connectivity index (χ0v) is 17.5. The standard InChI is InChI=1S/C20H28N4O2S2/c25-28(26,20-9-5-2-6-10-20)23-22-18(11-14-24-15-12-21-13-16-24)17-27-19-7-3-1-4-8-19/h1-10,18,21-23H,11-17H2. The minimum atomic E-state index is -3.58. The van der Waals surface area contributed by atoms with Crippen molar-refractivity contribution in [2.24, 2.45) is 0 Å². The molecule has 2 aromatic carbocycles. The van der Waals surface area contributed by atoms with Gasteiger partial charge in [0.2, 0.25) is 0 Å². The number of piperazine rings is 1. The monoisotopic (exact) mass is 420 g/mol. The van der Waals surface area contributed by atoms with E-state index in [9.17, 15) is 8.42 Å².